The molecule has 0 radical (unpaired) electrons. The lowest BCUT2D eigenvalue weighted by Gasteiger charge is -2.21. The van der Waals surface area contributed by atoms with Gasteiger partial charge in [0.05, 0.1) is 4.47 Å². The molecule has 0 aliphatic heterocycles. The van der Waals surface area contributed by atoms with E-state index >= 15 is 0 Å². The highest BCUT2D eigenvalue weighted by atomic mass is 79.9. The normalized spacial score (nSPS) is 12.1. The lowest BCUT2D eigenvalue weighted by molar-refractivity contribution is -0.130. The number of carbonyl (C=O) groups excluding carboxylic acids is 1. The van der Waals surface area contributed by atoms with Crippen LogP contribution < -0.4 is 5.32 Å². The van der Waals surface area contributed by atoms with Crippen LogP contribution >= 0.6 is 15.9 Å². The van der Waals surface area contributed by atoms with Crippen LogP contribution in [0.15, 0.2) is 16.7 Å². The van der Waals surface area contributed by atoms with Gasteiger partial charge in [0.15, 0.2) is 0 Å². The van der Waals surface area contributed by atoms with Gasteiger partial charge in [-0.05, 0) is 48.3 Å². The van der Waals surface area contributed by atoms with Crippen molar-refractivity contribution in [3.05, 3.63) is 22.3 Å². The second kappa shape index (κ2) is 6.00. The largest absolute Gasteiger partial charge is 0.358 e. The highest BCUT2D eigenvalue weighted by Crippen LogP contribution is 2.21. The number of nitrogens with one attached hydrogen (secondary N) is 1. The van der Waals surface area contributed by atoms with Crippen molar-refractivity contribution in [2.24, 2.45) is 0 Å². The molecule has 0 spiro atoms. The van der Waals surface area contributed by atoms with Gasteiger partial charge in [-0.15, -0.1) is 0 Å². The molecule has 0 saturated heterocycles. The SMILES string of the molecule is CCN(C)C(=O)C(C)Nc1ncc(C)cc1Br. The lowest BCUT2D eigenvalue weighted by atomic mass is 10.2. The second-order valence-corrected chi connectivity index (χ2v) is 4.92. The minimum atomic E-state index is -0.286. The maximum Gasteiger partial charge on any atom is 0.244 e. The van der Waals surface area contributed by atoms with Crippen LogP contribution in [0.25, 0.3) is 0 Å². The molecule has 5 heteroatoms. The van der Waals surface area contributed by atoms with Crippen LogP contribution in [0.4, 0.5) is 5.82 Å². The first-order chi connectivity index (χ1) is 7.95. The van der Waals surface area contributed by atoms with Crippen molar-refractivity contribution in [3.63, 3.8) is 0 Å². The van der Waals surface area contributed by atoms with Gasteiger partial charge in [0.1, 0.15) is 11.9 Å². The summed E-state index contributed by atoms with van der Waals surface area (Å²) >= 11 is 3.43. The van der Waals surface area contributed by atoms with E-state index in [-0.39, 0.29) is 11.9 Å². The van der Waals surface area contributed by atoms with Crippen molar-refractivity contribution in [1.82, 2.24) is 9.88 Å². The van der Waals surface area contributed by atoms with Gasteiger partial charge in [0.25, 0.3) is 0 Å². The van der Waals surface area contributed by atoms with Gasteiger partial charge in [-0.3, -0.25) is 4.79 Å². The molecule has 1 aromatic heterocycles. The number of nitrogens with zero attached hydrogens (tertiary/aromatic N) is 2. The number of carbonyl (C=O) groups is 1. The van der Waals surface area contributed by atoms with E-state index in [0.717, 1.165) is 10.0 Å². The van der Waals surface area contributed by atoms with E-state index in [1.807, 2.05) is 26.8 Å². The quantitative estimate of drug-likeness (QED) is 0.929. The van der Waals surface area contributed by atoms with Gasteiger partial charge in [-0.25, -0.2) is 4.98 Å². The molecule has 1 heterocycles. The molecule has 1 atom stereocenters. The molecule has 0 saturated carbocycles. The molecule has 0 aromatic carbocycles. The minimum absolute atomic E-state index is 0.0572. The fourth-order valence-electron chi connectivity index (χ4n) is 1.39. The maximum atomic E-state index is 11.9. The van der Waals surface area contributed by atoms with Crippen LogP contribution in [0.1, 0.15) is 19.4 Å². The number of anilines is 1. The zero-order chi connectivity index (χ0) is 13.0. The van der Waals surface area contributed by atoms with E-state index in [2.05, 4.69) is 26.2 Å². The molecular formula is C12H18BrN3O. The number of pyridine rings is 1. The van der Waals surface area contributed by atoms with Crippen molar-refractivity contribution in [2.75, 3.05) is 18.9 Å². The molecule has 17 heavy (non-hydrogen) atoms. The predicted octanol–water partition coefficient (Wildman–Crippen LogP) is 2.43. The first-order valence-corrected chi connectivity index (χ1v) is 6.38. The van der Waals surface area contributed by atoms with Gasteiger partial charge in [-0.2, -0.15) is 0 Å². The van der Waals surface area contributed by atoms with Crippen molar-refractivity contribution >= 4 is 27.7 Å². The molecule has 0 fully saturated rings. The van der Waals surface area contributed by atoms with Crippen LogP contribution in [-0.2, 0) is 4.79 Å². The Bertz CT molecular complexity index is 409. The summed E-state index contributed by atoms with van der Waals surface area (Å²) in [5.41, 5.74) is 1.08. The number of hydrogen-bond acceptors (Lipinski definition) is 3. The molecule has 1 unspecified atom stereocenters. The lowest BCUT2D eigenvalue weighted by Crippen LogP contribution is -2.39. The fourth-order valence-corrected chi connectivity index (χ4v) is 1.97. The Labute approximate surface area is 111 Å². The molecule has 0 aliphatic rings. The van der Waals surface area contributed by atoms with E-state index in [1.165, 1.54) is 0 Å². The Morgan fingerprint density at radius 2 is 2.29 bits per heavy atom. The van der Waals surface area contributed by atoms with Crippen LogP contribution in [-0.4, -0.2) is 35.4 Å². The molecule has 1 amide bonds. The third-order valence-electron chi connectivity index (χ3n) is 2.55. The summed E-state index contributed by atoms with van der Waals surface area (Å²) < 4.78 is 0.872. The number of likely N-dealkylation sites (N-methyl/N-ethyl adjacent to an activating group) is 1. The highest BCUT2D eigenvalue weighted by Gasteiger charge is 2.17. The standard InChI is InChI=1S/C12H18BrN3O/c1-5-16(4)12(17)9(3)15-11-10(13)6-8(2)7-14-11/h6-7,9H,5H2,1-4H3,(H,14,15). The van der Waals surface area contributed by atoms with Crippen LogP contribution in [0.2, 0.25) is 0 Å². The van der Waals surface area contributed by atoms with Gasteiger partial charge < -0.3 is 10.2 Å². The van der Waals surface area contributed by atoms with E-state index in [4.69, 9.17) is 0 Å². The summed E-state index contributed by atoms with van der Waals surface area (Å²) in [7, 11) is 1.79. The average Bonchev–Trinajstić information content (AvgIpc) is 2.30. The summed E-state index contributed by atoms with van der Waals surface area (Å²) in [6, 6.07) is 1.68. The molecule has 1 rings (SSSR count). The van der Waals surface area contributed by atoms with Crippen molar-refractivity contribution in [3.8, 4) is 0 Å². The topological polar surface area (TPSA) is 45.2 Å². The molecule has 1 aromatic rings. The fraction of sp³-hybridized carbons (Fsp3) is 0.500. The Kier molecular flexibility index (Phi) is 4.93. The average molecular weight is 300 g/mol. The molecule has 0 aliphatic carbocycles. The number of aromatic nitrogens is 1. The van der Waals surface area contributed by atoms with Crippen molar-refractivity contribution < 1.29 is 4.79 Å². The van der Waals surface area contributed by atoms with Crippen molar-refractivity contribution in [2.45, 2.75) is 26.8 Å². The zero-order valence-corrected chi connectivity index (χ0v) is 12.2. The van der Waals surface area contributed by atoms with E-state index in [9.17, 15) is 4.79 Å². The summed E-state index contributed by atoms with van der Waals surface area (Å²) in [5, 5.41) is 3.10. The number of halogens is 1. The number of aryl methyl sites for hydroxylation is 1. The molecule has 0 bridgehead atoms. The molecule has 4 nitrogen and oxygen atoms in total. The predicted molar refractivity (Wildman–Crippen MR) is 73.1 cm³/mol. The Morgan fingerprint density at radius 1 is 1.65 bits per heavy atom. The summed E-state index contributed by atoms with van der Waals surface area (Å²) in [6.07, 6.45) is 1.77. The zero-order valence-electron chi connectivity index (χ0n) is 10.6. The maximum absolute atomic E-state index is 11.9. The Balaban J connectivity index is 2.74. The second-order valence-electron chi connectivity index (χ2n) is 4.06. The van der Waals surface area contributed by atoms with Crippen LogP contribution in [0.5, 0.6) is 0 Å². The van der Waals surface area contributed by atoms with E-state index in [1.54, 1.807) is 18.1 Å². The Morgan fingerprint density at radius 3 is 2.82 bits per heavy atom. The van der Waals surface area contributed by atoms with E-state index in [0.29, 0.717) is 12.4 Å². The molecule has 1 N–H and O–H groups in total. The van der Waals surface area contributed by atoms with E-state index < -0.39 is 0 Å². The number of rotatable bonds is 4. The van der Waals surface area contributed by atoms with Gasteiger partial charge in [0.2, 0.25) is 5.91 Å². The van der Waals surface area contributed by atoms with Crippen LogP contribution in [0.3, 0.4) is 0 Å². The monoisotopic (exact) mass is 299 g/mol. The van der Waals surface area contributed by atoms with Gasteiger partial charge in [-0.1, -0.05) is 0 Å². The first kappa shape index (κ1) is 14.0. The molecule has 94 valence electrons. The summed E-state index contributed by atoms with van der Waals surface area (Å²) in [6.45, 7) is 6.46. The van der Waals surface area contributed by atoms with Crippen molar-refractivity contribution in [1.29, 1.82) is 0 Å². The smallest absolute Gasteiger partial charge is 0.244 e. The third-order valence-corrected chi connectivity index (χ3v) is 3.16. The number of amides is 1. The van der Waals surface area contributed by atoms with Gasteiger partial charge in [0, 0.05) is 19.8 Å². The number of hydrogen-bond donors (Lipinski definition) is 1. The summed E-state index contributed by atoms with van der Waals surface area (Å²) in [4.78, 5) is 17.8. The minimum Gasteiger partial charge on any atom is -0.358 e. The third kappa shape index (κ3) is 3.70. The highest BCUT2D eigenvalue weighted by molar-refractivity contribution is 9.10. The first-order valence-electron chi connectivity index (χ1n) is 5.59. The summed E-state index contributed by atoms with van der Waals surface area (Å²) in [5.74, 6) is 0.753. The van der Waals surface area contributed by atoms with Crippen LogP contribution in [0, 0.1) is 6.92 Å². The van der Waals surface area contributed by atoms with Gasteiger partial charge >= 0.3 is 0 Å². The molecular weight excluding hydrogens is 282 g/mol. The Hall–Kier alpha value is -1.10.